The summed E-state index contributed by atoms with van der Waals surface area (Å²) >= 11 is 0. The molecule has 16 nitrogen and oxygen atoms in total. The second-order valence-corrected chi connectivity index (χ2v) is 24.0. The van der Waals surface area contributed by atoms with Crippen LogP contribution >= 0.6 is 0 Å². The monoisotopic (exact) mass is 1080 g/mol. The van der Waals surface area contributed by atoms with Crippen LogP contribution in [0.1, 0.15) is 131 Å². The van der Waals surface area contributed by atoms with Crippen molar-refractivity contribution in [3.05, 3.63) is 142 Å². The summed E-state index contributed by atoms with van der Waals surface area (Å²) in [4.78, 5) is 105. The standard InChI is InChI=1S/C62H82FN9O7/c1-37(31-44-21-15-17-25-48(44)63)70(58(77)51-32-43-20-12-13-22-45(43)35-71(51)59(78)52(61(4,5)6)68-54(73)38(2)64-10)34-40-27-29-42(30-28-40)56(75)66-46-33-50(57(76)67-49-26-18-23-41-19-14-16-24-47(41)49)72(36-46)60(79)53(62(7,8)9)69-55(74)39(3)65-11/h12-17,19-22,24-25,27-30,37-39,46,49-53,64-65H,18,23,26,31-36H2,1-11H3,(H,66,75)(H,67,76)(H,68,73)(H,69,74)/t37-,38+,39+,46?,49-,50+,51+,52?,53-/m1/s1. The van der Waals surface area contributed by atoms with Gasteiger partial charge in [-0.15, -0.1) is 0 Å². The molecule has 1 saturated heterocycles. The van der Waals surface area contributed by atoms with Crippen molar-refractivity contribution in [1.82, 2.24) is 46.6 Å². The molecule has 4 aromatic rings. The molecule has 9 atom stereocenters. The van der Waals surface area contributed by atoms with Crippen LogP contribution in [0.25, 0.3) is 0 Å². The molecule has 1 aliphatic carbocycles. The molecule has 6 N–H and O–H groups in total. The highest BCUT2D eigenvalue weighted by atomic mass is 19.1. The molecule has 0 bridgehead atoms. The third-order valence-electron chi connectivity index (χ3n) is 16.0. The maximum absolute atomic E-state index is 15.5. The largest absolute Gasteiger partial charge is 0.347 e. The number of carbonyl (C=O) groups excluding carboxylic acids is 7. The van der Waals surface area contributed by atoms with Gasteiger partial charge in [0.1, 0.15) is 30.0 Å². The molecule has 17 heteroatoms. The van der Waals surface area contributed by atoms with Crippen molar-refractivity contribution in [2.75, 3.05) is 20.6 Å². The van der Waals surface area contributed by atoms with E-state index < -0.39 is 82.7 Å². The van der Waals surface area contributed by atoms with E-state index in [0.717, 1.165) is 36.0 Å². The first-order valence-corrected chi connectivity index (χ1v) is 27.8. The number of aryl methyl sites for hydroxylation is 1. The van der Waals surface area contributed by atoms with Gasteiger partial charge >= 0.3 is 0 Å². The van der Waals surface area contributed by atoms with Crippen LogP contribution in [0, 0.1) is 16.6 Å². The number of benzene rings is 4. The Balaban J connectivity index is 1.15. The van der Waals surface area contributed by atoms with Gasteiger partial charge in [0.25, 0.3) is 5.91 Å². The molecule has 0 spiro atoms. The Kier molecular flexibility index (Phi) is 19.2. The first-order chi connectivity index (χ1) is 37.4. The Morgan fingerprint density at radius 3 is 1.82 bits per heavy atom. The first kappa shape index (κ1) is 59.7. The van der Waals surface area contributed by atoms with Gasteiger partial charge in [-0.3, -0.25) is 33.6 Å². The van der Waals surface area contributed by atoms with Gasteiger partial charge in [-0.1, -0.05) is 120 Å². The number of rotatable bonds is 18. The summed E-state index contributed by atoms with van der Waals surface area (Å²) in [7, 11) is 3.32. The van der Waals surface area contributed by atoms with Crippen LogP contribution in [0.3, 0.4) is 0 Å². The van der Waals surface area contributed by atoms with E-state index in [1.54, 1.807) is 80.2 Å². The highest BCUT2D eigenvalue weighted by Gasteiger charge is 2.47. The van der Waals surface area contributed by atoms with Gasteiger partial charge in [-0.25, -0.2) is 4.39 Å². The van der Waals surface area contributed by atoms with Gasteiger partial charge < -0.3 is 46.6 Å². The molecule has 0 aromatic heterocycles. The molecular weight excluding hydrogens is 1000 g/mol. The highest BCUT2D eigenvalue weighted by molar-refractivity contribution is 5.97. The van der Waals surface area contributed by atoms with E-state index >= 15 is 9.18 Å². The van der Waals surface area contributed by atoms with Gasteiger partial charge in [0, 0.05) is 43.7 Å². The molecule has 3 aliphatic rings. The summed E-state index contributed by atoms with van der Waals surface area (Å²) < 4.78 is 15.3. The lowest BCUT2D eigenvalue weighted by Crippen LogP contribution is -2.62. The van der Waals surface area contributed by atoms with Crippen LogP contribution in [0.15, 0.2) is 97.1 Å². The Morgan fingerprint density at radius 1 is 0.671 bits per heavy atom. The number of fused-ring (bicyclic) bond motifs is 2. The van der Waals surface area contributed by atoms with Crippen LogP contribution < -0.4 is 31.9 Å². The fourth-order valence-electron chi connectivity index (χ4n) is 11.0. The van der Waals surface area contributed by atoms with Gasteiger partial charge in [-0.2, -0.15) is 0 Å². The third kappa shape index (κ3) is 14.3. The third-order valence-corrected chi connectivity index (χ3v) is 16.0. The van der Waals surface area contributed by atoms with E-state index in [1.165, 1.54) is 16.5 Å². The average molecular weight is 1080 g/mol. The number of halogens is 1. The second kappa shape index (κ2) is 25.4. The molecule has 4 aromatic carbocycles. The minimum atomic E-state index is -0.984. The van der Waals surface area contributed by atoms with E-state index in [4.69, 9.17) is 0 Å². The zero-order valence-electron chi connectivity index (χ0n) is 47.9. The molecular formula is C62H82FN9O7. The Hall–Kier alpha value is -6.98. The lowest BCUT2D eigenvalue weighted by atomic mass is 9.84. The lowest BCUT2D eigenvalue weighted by molar-refractivity contribution is -0.152. The summed E-state index contributed by atoms with van der Waals surface area (Å²) in [6, 6.07) is 22.5. The topological polar surface area (TPSA) is 201 Å². The first-order valence-electron chi connectivity index (χ1n) is 27.8. The molecule has 7 amide bonds. The van der Waals surface area contributed by atoms with Crippen molar-refractivity contribution in [2.24, 2.45) is 10.8 Å². The van der Waals surface area contributed by atoms with Gasteiger partial charge in [0.2, 0.25) is 35.4 Å². The van der Waals surface area contributed by atoms with Gasteiger partial charge in [-0.05, 0) is 129 Å². The van der Waals surface area contributed by atoms with Crippen LogP contribution in [0.4, 0.5) is 4.39 Å². The zero-order chi connectivity index (χ0) is 57.5. The summed E-state index contributed by atoms with van der Waals surface area (Å²) in [5.74, 6) is -3.08. The smallest absolute Gasteiger partial charge is 0.251 e. The number of hydrogen-bond acceptors (Lipinski definition) is 9. The number of hydrogen-bond donors (Lipinski definition) is 6. The molecule has 1 fully saturated rings. The predicted molar refractivity (Wildman–Crippen MR) is 302 cm³/mol. The number of nitrogens with one attached hydrogen (secondary N) is 6. The van der Waals surface area contributed by atoms with Gasteiger partial charge in [0.15, 0.2) is 0 Å². The summed E-state index contributed by atoms with van der Waals surface area (Å²) in [5.41, 5.74) is 3.94. The fourth-order valence-corrected chi connectivity index (χ4v) is 11.0. The molecule has 2 heterocycles. The van der Waals surface area contributed by atoms with E-state index in [-0.39, 0.29) is 68.6 Å². The zero-order valence-corrected chi connectivity index (χ0v) is 47.9. The van der Waals surface area contributed by atoms with Crippen LogP contribution in [0.5, 0.6) is 0 Å². The van der Waals surface area contributed by atoms with Crippen molar-refractivity contribution in [3.63, 3.8) is 0 Å². The maximum atomic E-state index is 15.5. The highest BCUT2D eigenvalue weighted by Crippen LogP contribution is 2.33. The second-order valence-electron chi connectivity index (χ2n) is 24.0. The molecule has 424 valence electrons. The molecule has 2 unspecified atom stereocenters. The lowest BCUT2D eigenvalue weighted by Gasteiger charge is -2.43. The van der Waals surface area contributed by atoms with Crippen molar-refractivity contribution in [1.29, 1.82) is 0 Å². The fraction of sp³-hybridized carbons (Fsp3) is 0.500. The van der Waals surface area contributed by atoms with E-state index in [9.17, 15) is 28.8 Å². The van der Waals surface area contributed by atoms with Crippen molar-refractivity contribution in [2.45, 2.75) is 168 Å². The quantitative estimate of drug-likeness (QED) is 0.0701. The minimum Gasteiger partial charge on any atom is -0.347 e. The summed E-state index contributed by atoms with van der Waals surface area (Å²) in [5, 5.41) is 18.1. The Labute approximate surface area is 465 Å². The molecule has 7 rings (SSSR count). The van der Waals surface area contributed by atoms with Crippen molar-refractivity contribution in [3.8, 4) is 0 Å². The Bertz CT molecular complexity index is 2860. The van der Waals surface area contributed by atoms with Crippen molar-refractivity contribution >= 4 is 41.4 Å². The van der Waals surface area contributed by atoms with Gasteiger partial charge in [0.05, 0.1) is 18.1 Å². The number of likely N-dealkylation sites (N-methyl/N-ethyl adjacent to an activating group) is 2. The normalized spacial score (nSPS) is 20.1. The van der Waals surface area contributed by atoms with Crippen LogP contribution in [-0.4, -0.2) is 125 Å². The maximum Gasteiger partial charge on any atom is 0.251 e. The SMILES string of the molecule is CN[C@@H](C)C(=O)NC(C(=O)N1Cc2ccccc2C[C@H]1C(=O)N(Cc1ccc(C(=O)NC2C[C@@H](C(=O)N[C@@H]3CCCc4ccccc43)N(C(=O)[C@@H](NC(=O)[C@H](C)NC)C(C)(C)C)C2)cc1)[C@H](C)Cc1ccccc1F)C(C)(C)C. The Morgan fingerprint density at radius 2 is 1.23 bits per heavy atom. The summed E-state index contributed by atoms with van der Waals surface area (Å²) in [6.07, 6.45) is 3.05. The predicted octanol–water partition coefficient (Wildman–Crippen LogP) is 5.91. The minimum absolute atomic E-state index is 0.0199. The average Bonchev–Trinajstić information content (AvgIpc) is 3.91. The van der Waals surface area contributed by atoms with Crippen LogP contribution in [0.2, 0.25) is 0 Å². The van der Waals surface area contributed by atoms with Crippen molar-refractivity contribution < 1.29 is 38.0 Å². The van der Waals surface area contributed by atoms with E-state index in [2.05, 4.69) is 38.0 Å². The number of carbonyl (C=O) groups is 7. The van der Waals surface area contributed by atoms with E-state index in [1.807, 2.05) is 90.9 Å². The molecule has 2 aliphatic heterocycles. The number of likely N-dealkylation sites (tertiary alicyclic amines) is 1. The molecule has 79 heavy (non-hydrogen) atoms. The molecule has 0 saturated carbocycles. The number of amides is 7. The van der Waals surface area contributed by atoms with Crippen LogP contribution in [-0.2, 0) is 61.1 Å². The number of nitrogens with zero attached hydrogens (tertiary/aromatic N) is 3. The van der Waals surface area contributed by atoms with E-state index in [0.29, 0.717) is 16.7 Å². The molecule has 0 radical (unpaired) electrons. The summed E-state index contributed by atoms with van der Waals surface area (Å²) in [6.45, 7) is 16.6.